The SMILES string of the molecule is C=CC(=O)OCC(COC(=O)CC)c1ccccc1. The summed E-state index contributed by atoms with van der Waals surface area (Å²) in [5.74, 6) is -0.917. The van der Waals surface area contributed by atoms with Crippen molar-refractivity contribution in [3.05, 3.63) is 48.6 Å². The van der Waals surface area contributed by atoms with Crippen molar-refractivity contribution in [3.63, 3.8) is 0 Å². The van der Waals surface area contributed by atoms with Crippen LogP contribution in [0.4, 0.5) is 0 Å². The van der Waals surface area contributed by atoms with Gasteiger partial charge in [0.15, 0.2) is 0 Å². The predicted molar refractivity (Wildman–Crippen MR) is 71.6 cm³/mol. The first-order valence-corrected chi connectivity index (χ1v) is 6.17. The maximum Gasteiger partial charge on any atom is 0.330 e. The maximum absolute atomic E-state index is 11.2. The van der Waals surface area contributed by atoms with Crippen LogP contribution in [0, 0.1) is 0 Å². The molecule has 1 aromatic carbocycles. The van der Waals surface area contributed by atoms with E-state index in [2.05, 4.69) is 6.58 Å². The van der Waals surface area contributed by atoms with Crippen LogP contribution in [0.2, 0.25) is 0 Å². The summed E-state index contributed by atoms with van der Waals surface area (Å²) in [5.41, 5.74) is 0.961. The Morgan fingerprint density at radius 1 is 1.21 bits per heavy atom. The van der Waals surface area contributed by atoms with E-state index in [4.69, 9.17) is 9.47 Å². The summed E-state index contributed by atoms with van der Waals surface area (Å²) in [6.07, 6.45) is 1.44. The number of carbonyl (C=O) groups is 2. The molecule has 0 amide bonds. The smallest absolute Gasteiger partial charge is 0.330 e. The zero-order valence-electron chi connectivity index (χ0n) is 11.0. The minimum atomic E-state index is -0.484. The van der Waals surface area contributed by atoms with Crippen LogP contribution in [-0.2, 0) is 19.1 Å². The van der Waals surface area contributed by atoms with Gasteiger partial charge in [0.2, 0.25) is 0 Å². The Balaban J connectivity index is 2.65. The molecule has 0 aliphatic rings. The molecule has 0 aromatic heterocycles. The molecule has 19 heavy (non-hydrogen) atoms. The van der Waals surface area contributed by atoms with E-state index in [0.29, 0.717) is 6.42 Å². The molecule has 0 saturated heterocycles. The lowest BCUT2D eigenvalue weighted by Crippen LogP contribution is -2.18. The molecule has 0 bridgehead atoms. The van der Waals surface area contributed by atoms with E-state index in [1.807, 2.05) is 30.3 Å². The molecular weight excluding hydrogens is 244 g/mol. The van der Waals surface area contributed by atoms with E-state index >= 15 is 0 Å². The molecule has 0 aliphatic heterocycles. The Hall–Kier alpha value is -2.10. The zero-order valence-corrected chi connectivity index (χ0v) is 11.0. The van der Waals surface area contributed by atoms with Crippen LogP contribution in [-0.4, -0.2) is 25.2 Å². The zero-order chi connectivity index (χ0) is 14.1. The molecule has 1 rings (SSSR count). The van der Waals surface area contributed by atoms with Crippen LogP contribution in [0.15, 0.2) is 43.0 Å². The molecule has 1 aromatic rings. The van der Waals surface area contributed by atoms with Gasteiger partial charge in [0.25, 0.3) is 0 Å². The lowest BCUT2D eigenvalue weighted by Gasteiger charge is -2.17. The van der Waals surface area contributed by atoms with Gasteiger partial charge in [0.05, 0.1) is 5.92 Å². The molecule has 1 unspecified atom stereocenters. The molecule has 0 fully saturated rings. The highest BCUT2D eigenvalue weighted by atomic mass is 16.5. The number of hydrogen-bond acceptors (Lipinski definition) is 4. The second-order valence-corrected chi connectivity index (χ2v) is 3.98. The predicted octanol–water partition coefficient (Wildman–Crippen LogP) is 2.45. The second kappa shape index (κ2) is 8.08. The summed E-state index contributed by atoms with van der Waals surface area (Å²) < 4.78 is 10.1. The summed E-state index contributed by atoms with van der Waals surface area (Å²) in [4.78, 5) is 22.3. The van der Waals surface area contributed by atoms with Crippen LogP contribution in [0.3, 0.4) is 0 Å². The molecular formula is C15H18O4. The number of esters is 2. The van der Waals surface area contributed by atoms with Crippen molar-refractivity contribution in [2.45, 2.75) is 19.3 Å². The number of rotatable bonds is 7. The van der Waals surface area contributed by atoms with Gasteiger partial charge in [-0.2, -0.15) is 0 Å². The molecule has 4 heteroatoms. The van der Waals surface area contributed by atoms with Gasteiger partial charge < -0.3 is 9.47 Å². The van der Waals surface area contributed by atoms with Crippen LogP contribution < -0.4 is 0 Å². The van der Waals surface area contributed by atoms with Crippen LogP contribution in [0.1, 0.15) is 24.8 Å². The quantitative estimate of drug-likeness (QED) is 0.559. The van der Waals surface area contributed by atoms with E-state index in [0.717, 1.165) is 11.6 Å². The minimum absolute atomic E-state index is 0.159. The van der Waals surface area contributed by atoms with Crippen molar-refractivity contribution in [2.24, 2.45) is 0 Å². The third kappa shape index (κ3) is 5.38. The normalized spacial score (nSPS) is 11.4. The average molecular weight is 262 g/mol. The van der Waals surface area contributed by atoms with Gasteiger partial charge in [0, 0.05) is 12.5 Å². The lowest BCUT2D eigenvalue weighted by molar-refractivity contribution is -0.145. The van der Waals surface area contributed by atoms with Gasteiger partial charge in [-0.25, -0.2) is 4.79 Å². The van der Waals surface area contributed by atoms with E-state index in [1.54, 1.807) is 6.92 Å². The van der Waals surface area contributed by atoms with Gasteiger partial charge >= 0.3 is 11.9 Å². The van der Waals surface area contributed by atoms with E-state index in [-0.39, 0.29) is 25.1 Å². The van der Waals surface area contributed by atoms with Crippen molar-refractivity contribution < 1.29 is 19.1 Å². The Labute approximate surface area is 113 Å². The topological polar surface area (TPSA) is 52.6 Å². The standard InChI is InChI=1S/C15H18O4/c1-3-14(16)18-10-13(11-19-15(17)4-2)12-8-6-5-7-9-12/h3,5-9,13H,1,4,10-11H2,2H3. The monoisotopic (exact) mass is 262 g/mol. The van der Waals surface area contributed by atoms with Crippen molar-refractivity contribution in [1.29, 1.82) is 0 Å². The van der Waals surface area contributed by atoms with Gasteiger partial charge in [-0.15, -0.1) is 0 Å². The average Bonchev–Trinajstić information content (AvgIpc) is 2.47. The van der Waals surface area contributed by atoms with Gasteiger partial charge in [-0.05, 0) is 5.56 Å². The molecule has 0 radical (unpaired) electrons. The molecule has 102 valence electrons. The molecule has 0 N–H and O–H groups in total. The molecule has 0 saturated carbocycles. The first-order chi connectivity index (χ1) is 9.17. The van der Waals surface area contributed by atoms with E-state index < -0.39 is 5.97 Å². The molecule has 0 spiro atoms. The fourth-order valence-electron chi connectivity index (χ4n) is 1.50. The lowest BCUT2D eigenvalue weighted by atomic mass is 10.0. The second-order valence-electron chi connectivity index (χ2n) is 3.98. The number of benzene rings is 1. The summed E-state index contributed by atoms with van der Waals surface area (Å²) in [7, 11) is 0. The first-order valence-electron chi connectivity index (χ1n) is 6.17. The highest BCUT2D eigenvalue weighted by Crippen LogP contribution is 2.17. The van der Waals surface area contributed by atoms with Crippen molar-refractivity contribution in [2.75, 3.05) is 13.2 Å². The summed E-state index contributed by atoms with van der Waals surface area (Å²) in [6, 6.07) is 9.49. The fraction of sp³-hybridized carbons (Fsp3) is 0.333. The number of carbonyl (C=O) groups excluding carboxylic acids is 2. The van der Waals surface area contributed by atoms with Gasteiger partial charge in [-0.3, -0.25) is 4.79 Å². The third-order valence-corrected chi connectivity index (χ3v) is 2.60. The van der Waals surface area contributed by atoms with Crippen molar-refractivity contribution >= 4 is 11.9 Å². The van der Waals surface area contributed by atoms with Crippen molar-refractivity contribution in [3.8, 4) is 0 Å². The number of ether oxygens (including phenoxy) is 2. The molecule has 0 aliphatic carbocycles. The molecule has 1 atom stereocenters. The van der Waals surface area contributed by atoms with Crippen LogP contribution in [0.5, 0.6) is 0 Å². The minimum Gasteiger partial charge on any atom is -0.465 e. The van der Waals surface area contributed by atoms with Crippen LogP contribution in [0.25, 0.3) is 0 Å². The molecule has 4 nitrogen and oxygen atoms in total. The van der Waals surface area contributed by atoms with Gasteiger partial charge in [-0.1, -0.05) is 43.8 Å². The first kappa shape index (κ1) is 15.0. The van der Waals surface area contributed by atoms with Gasteiger partial charge in [0.1, 0.15) is 13.2 Å². The fourth-order valence-corrected chi connectivity index (χ4v) is 1.50. The highest BCUT2D eigenvalue weighted by Gasteiger charge is 2.15. The Kier molecular flexibility index (Phi) is 6.36. The van der Waals surface area contributed by atoms with Crippen molar-refractivity contribution in [1.82, 2.24) is 0 Å². The largest absolute Gasteiger partial charge is 0.465 e. The Bertz CT molecular complexity index is 425. The Morgan fingerprint density at radius 2 is 1.84 bits per heavy atom. The summed E-state index contributed by atoms with van der Waals surface area (Å²) in [5, 5.41) is 0. The maximum atomic E-state index is 11.2. The highest BCUT2D eigenvalue weighted by molar-refractivity contribution is 5.81. The Morgan fingerprint density at radius 3 is 2.42 bits per heavy atom. The van der Waals surface area contributed by atoms with E-state index in [1.165, 1.54) is 0 Å². The summed E-state index contributed by atoms with van der Waals surface area (Å²) in [6.45, 7) is 5.43. The summed E-state index contributed by atoms with van der Waals surface area (Å²) >= 11 is 0. The number of hydrogen-bond donors (Lipinski definition) is 0. The molecule has 0 heterocycles. The third-order valence-electron chi connectivity index (χ3n) is 2.60. The van der Waals surface area contributed by atoms with Crippen LogP contribution >= 0.6 is 0 Å². The van der Waals surface area contributed by atoms with E-state index in [9.17, 15) is 9.59 Å².